The molecule has 0 bridgehead atoms. The molecular weight excluding hydrogens is 386 g/mol. The van der Waals surface area contributed by atoms with Crippen LogP contribution in [0.25, 0.3) is 0 Å². The van der Waals surface area contributed by atoms with Crippen LogP contribution in [0.3, 0.4) is 0 Å². The van der Waals surface area contributed by atoms with Crippen molar-refractivity contribution >= 4 is 33.8 Å². The van der Waals surface area contributed by atoms with E-state index in [4.69, 9.17) is 9.47 Å². The molecular formula is C19H20BrNO4. The van der Waals surface area contributed by atoms with Gasteiger partial charge in [-0.05, 0) is 60.5 Å². The van der Waals surface area contributed by atoms with Gasteiger partial charge >= 0.3 is 0 Å². The van der Waals surface area contributed by atoms with Gasteiger partial charge in [-0.15, -0.1) is 0 Å². The number of methoxy groups -OCH3 is 1. The van der Waals surface area contributed by atoms with E-state index in [0.717, 1.165) is 16.8 Å². The summed E-state index contributed by atoms with van der Waals surface area (Å²) >= 11 is 3.29. The second-order valence-electron chi connectivity index (χ2n) is 5.71. The molecule has 2 aromatic carbocycles. The molecule has 0 radical (unpaired) electrons. The van der Waals surface area contributed by atoms with Crippen molar-refractivity contribution < 1.29 is 19.1 Å². The number of amides is 1. The molecule has 132 valence electrons. The molecule has 1 atom stereocenters. The first-order valence-corrected chi connectivity index (χ1v) is 8.52. The summed E-state index contributed by atoms with van der Waals surface area (Å²) < 4.78 is 11.6. The zero-order valence-electron chi connectivity index (χ0n) is 14.6. The zero-order chi connectivity index (χ0) is 18.6. The zero-order valence-corrected chi connectivity index (χ0v) is 16.1. The highest BCUT2D eigenvalue weighted by Crippen LogP contribution is 2.33. The fourth-order valence-electron chi connectivity index (χ4n) is 2.32. The summed E-state index contributed by atoms with van der Waals surface area (Å²) in [6.07, 6.45) is -0.0631. The smallest absolute Gasteiger partial charge is 0.265 e. The van der Waals surface area contributed by atoms with E-state index in [0.29, 0.717) is 27.8 Å². The highest BCUT2D eigenvalue weighted by atomic mass is 79.9. The maximum Gasteiger partial charge on any atom is 0.265 e. The van der Waals surface area contributed by atoms with Crippen LogP contribution < -0.4 is 14.8 Å². The minimum absolute atomic E-state index is 0.287. The second-order valence-corrected chi connectivity index (χ2v) is 6.56. The van der Waals surface area contributed by atoms with Crippen molar-refractivity contribution in [1.29, 1.82) is 0 Å². The molecule has 1 amide bonds. The number of carbonyl (C=O) groups excluding carboxylic acids is 2. The monoisotopic (exact) mass is 405 g/mol. The lowest BCUT2D eigenvalue weighted by atomic mass is 10.1. The average molecular weight is 406 g/mol. The maximum absolute atomic E-state index is 12.4. The minimum atomic E-state index is -0.768. The summed E-state index contributed by atoms with van der Waals surface area (Å²) in [6, 6.07) is 8.96. The summed E-state index contributed by atoms with van der Waals surface area (Å²) in [4.78, 5) is 23.5. The van der Waals surface area contributed by atoms with Crippen LogP contribution >= 0.6 is 15.9 Å². The Morgan fingerprint density at radius 2 is 1.92 bits per heavy atom. The van der Waals surface area contributed by atoms with E-state index in [-0.39, 0.29) is 5.91 Å². The normalized spacial score (nSPS) is 11.6. The summed E-state index contributed by atoms with van der Waals surface area (Å²) in [5, 5.41) is 2.85. The van der Waals surface area contributed by atoms with E-state index < -0.39 is 6.10 Å². The van der Waals surface area contributed by atoms with Crippen LogP contribution in [0.15, 0.2) is 34.8 Å². The van der Waals surface area contributed by atoms with Gasteiger partial charge in [0.2, 0.25) is 0 Å². The van der Waals surface area contributed by atoms with Gasteiger partial charge in [-0.25, -0.2) is 0 Å². The van der Waals surface area contributed by atoms with Crippen LogP contribution in [-0.4, -0.2) is 25.4 Å². The number of anilines is 1. The molecule has 0 aliphatic heterocycles. The van der Waals surface area contributed by atoms with Gasteiger partial charge in [0.05, 0.1) is 7.11 Å². The third-order valence-corrected chi connectivity index (χ3v) is 4.41. The van der Waals surface area contributed by atoms with Crippen molar-refractivity contribution in [2.45, 2.75) is 26.9 Å². The molecule has 6 heteroatoms. The first kappa shape index (κ1) is 19.0. The molecule has 0 aromatic heterocycles. The van der Waals surface area contributed by atoms with Crippen molar-refractivity contribution in [3.05, 3.63) is 51.5 Å². The molecule has 0 fully saturated rings. The Labute approximate surface area is 155 Å². The number of hydrogen-bond acceptors (Lipinski definition) is 4. The Morgan fingerprint density at radius 1 is 1.20 bits per heavy atom. The molecule has 5 nitrogen and oxygen atoms in total. The summed E-state index contributed by atoms with van der Waals surface area (Å²) in [5.74, 6) is 0.476. The molecule has 0 saturated carbocycles. The van der Waals surface area contributed by atoms with E-state index in [9.17, 15) is 9.59 Å². The maximum atomic E-state index is 12.4. The number of aldehydes is 1. The van der Waals surface area contributed by atoms with Crippen molar-refractivity contribution in [1.82, 2.24) is 0 Å². The molecule has 0 saturated heterocycles. The molecule has 1 N–H and O–H groups in total. The van der Waals surface area contributed by atoms with Gasteiger partial charge in [0.25, 0.3) is 5.91 Å². The fourth-order valence-corrected chi connectivity index (χ4v) is 2.74. The number of hydrogen-bond donors (Lipinski definition) is 1. The third-order valence-electron chi connectivity index (χ3n) is 3.72. The van der Waals surface area contributed by atoms with Gasteiger partial charge in [-0.2, -0.15) is 0 Å². The molecule has 2 aromatic rings. The van der Waals surface area contributed by atoms with Gasteiger partial charge in [-0.3, -0.25) is 9.59 Å². The number of carbonyl (C=O) groups is 2. The number of nitrogens with one attached hydrogen (secondary N) is 1. The Morgan fingerprint density at radius 3 is 2.52 bits per heavy atom. The van der Waals surface area contributed by atoms with Crippen LogP contribution in [0, 0.1) is 13.8 Å². The Kier molecular flexibility index (Phi) is 6.20. The van der Waals surface area contributed by atoms with Crippen LogP contribution in [0.5, 0.6) is 11.5 Å². The number of benzene rings is 2. The molecule has 25 heavy (non-hydrogen) atoms. The van der Waals surface area contributed by atoms with Gasteiger partial charge in [0.1, 0.15) is 0 Å². The van der Waals surface area contributed by atoms with E-state index >= 15 is 0 Å². The predicted octanol–water partition coefficient (Wildman–Crippen LogP) is 4.29. The molecule has 0 aliphatic carbocycles. The van der Waals surface area contributed by atoms with Crippen molar-refractivity contribution in [2.24, 2.45) is 0 Å². The number of rotatable bonds is 6. The SMILES string of the molecule is COc1cc(Br)c(C=O)cc1O[C@@H](C)C(=O)Nc1ccc(C)cc1C. The summed E-state index contributed by atoms with van der Waals surface area (Å²) in [6.45, 7) is 5.57. The highest BCUT2D eigenvalue weighted by Gasteiger charge is 2.19. The van der Waals surface area contributed by atoms with Gasteiger partial charge in [-0.1, -0.05) is 17.7 Å². The summed E-state index contributed by atoms with van der Waals surface area (Å²) in [7, 11) is 1.50. The Balaban J connectivity index is 2.17. The fraction of sp³-hybridized carbons (Fsp3) is 0.263. The topological polar surface area (TPSA) is 64.6 Å². The van der Waals surface area contributed by atoms with Crippen molar-refractivity contribution in [3.8, 4) is 11.5 Å². The highest BCUT2D eigenvalue weighted by molar-refractivity contribution is 9.10. The number of halogens is 1. The predicted molar refractivity (Wildman–Crippen MR) is 101 cm³/mol. The largest absolute Gasteiger partial charge is 0.493 e. The molecule has 0 heterocycles. The van der Waals surface area contributed by atoms with Crippen LogP contribution in [-0.2, 0) is 4.79 Å². The first-order valence-electron chi connectivity index (χ1n) is 7.73. The quantitative estimate of drug-likeness (QED) is 0.727. The van der Waals surface area contributed by atoms with Crippen LogP contribution in [0.2, 0.25) is 0 Å². The third kappa shape index (κ3) is 4.60. The number of aryl methyl sites for hydroxylation is 2. The lowest BCUT2D eigenvalue weighted by molar-refractivity contribution is -0.122. The standard InChI is InChI=1S/C19H20BrNO4/c1-11-5-6-16(12(2)7-11)21-19(23)13(3)25-18-8-14(10-22)15(20)9-17(18)24-4/h5-10,13H,1-4H3,(H,21,23)/t13-/m0/s1. The first-order chi connectivity index (χ1) is 11.8. The minimum Gasteiger partial charge on any atom is -0.493 e. The molecule has 0 aliphatic rings. The van der Waals surface area contributed by atoms with Gasteiger partial charge in [0.15, 0.2) is 23.9 Å². The van der Waals surface area contributed by atoms with E-state index in [2.05, 4.69) is 21.2 Å². The summed E-state index contributed by atoms with van der Waals surface area (Å²) in [5.41, 5.74) is 3.26. The van der Waals surface area contributed by atoms with E-state index in [1.54, 1.807) is 13.0 Å². The van der Waals surface area contributed by atoms with E-state index in [1.165, 1.54) is 13.2 Å². The van der Waals surface area contributed by atoms with Crippen LogP contribution in [0.1, 0.15) is 28.4 Å². The number of ether oxygens (including phenoxy) is 2. The Bertz CT molecular complexity index is 804. The van der Waals surface area contributed by atoms with E-state index in [1.807, 2.05) is 32.0 Å². The molecule has 0 unspecified atom stereocenters. The van der Waals surface area contributed by atoms with Crippen molar-refractivity contribution in [3.63, 3.8) is 0 Å². The molecule has 2 rings (SSSR count). The van der Waals surface area contributed by atoms with Gasteiger partial charge < -0.3 is 14.8 Å². The van der Waals surface area contributed by atoms with Crippen LogP contribution in [0.4, 0.5) is 5.69 Å². The van der Waals surface area contributed by atoms with Gasteiger partial charge in [0, 0.05) is 15.7 Å². The molecule has 0 spiro atoms. The average Bonchev–Trinajstić information content (AvgIpc) is 2.58. The van der Waals surface area contributed by atoms with Crippen molar-refractivity contribution in [2.75, 3.05) is 12.4 Å². The lowest BCUT2D eigenvalue weighted by Crippen LogP contribution is -2.30. The Hall–Kier alpha value is -2.34. The second kappa shape index (κ2) is 8.16. The lowest BCUT2D eigenvalue weighted by Gasteiger charge is -2.18.